The molecule has 1 atom stereocenters. The van der Waals surface area contributed by atoms with E-state index in [0.29, 0.717) is 6.29 Å². The van der Waals surface area contributed by atoms with E-state index in [1.54, 1.807) is 7.05 Å². The number of carbonyl (C=O) groups excluding carboxylic acids is 1. The van der Waals surface area contributed by atoms with E-state index in [4.69, 9.17) is 5.11 Å². The maximum absolute atomic E-state index is 9.74. The molecular formula is C4H9NO2. The van der Waals surface area contributed by atoms with Crippen LogP contribution in [0.2, 0.25) is 0 Å². The third-order valence-electron chi connectivity index (χ3n) is 0.732. The van der Waals surface area contributed by atoms with Crippen molar-refractivity contribution in [2.75, 3.05) is 13.7 Å². The molecule has 0 aromatic rings. The van der Waals surface area contributed by atoms with Crippen molar-refractivity contribution >= 4 is 6.29 Å². The summed E-state index contributed by atoms with van der Waals surface area (Å²) in [7, 11) is 1.62. The van der Waals surface area contributed by atoms with Gasteiger partial charge in [-0.2, -0.15) is 0 Å². The van der Waals surface area contributed by atoms with Crippen LogP contribution in [0.25, 0.3) is 0 Å². The summed E-state index contributed by atoms with van der Waals surface area (Å²) in [5.74, 6) is 0. The van der Waals surface area contributed by atoms with Gasteiger partial charge in [0.1, 0.15) is 6.29 Å². The molecule has 0 aliphatic rings. The van der Waals surface area contributed by atoms with Crippen LogP contribution in [-0.4, -0.2) is 31.1 Å². The van der Waals surface area contributed by atoms with Gasteiger partial charge in [-0.15, -0.1) is 0 Å². The minimum Gasteiger partial charge on any atom is -0.394 e. The molecule has 0 rings (SSSR count). The lowest BCUT2D eigenvalue weighted by Crippen LogP contribution is -2.29. The molecule has 0 radical (unpaired) electrons. The van der Waals surface area contributed by atoms with E-state index in [1.807, 2.05) is 0 Å². The second-order valence-corrected chi connectivity index (χ2v) is 1.21. The van der Waals surface area contributed by atoms with E-state index in [9.17, 15) is 4.79 Å². The predicted molar refractivity (Wildman–Crippen MR) is 26.0 cm³/mol. The van der Waals surface area contributed by atoms with Gasteiger partial charge >= 0.3 is 0 Å². The van der Waals surface area contributed by atoms with Gasteiger partial charge in [0.05, 0.1) is 12.6 Å². The molecule has 0 fully saturated rings. The average Bonchev–Trinajstić information content (AvgIpc) is 1.72. The first-order valence-corrected chi connectivity index (χ1v) is 2.08. The monoisotopic (exact) mass is 103 g/mol. The third kappa shape index (κ3) is 2.31. The largest absolute Gasteiger partial charge is 0.394 e. The first kappa shape index (κ1) is 6.59. The van der Waals surface area contributed by atoms with Gasteiger partial charge < -0.3 is 15.2 Å². The highest BCUT2D eigenvalue weighted by atomic mass is 16.3. The zero-order valence-corrected chi connectivity index (χ0v) is 4.22. The lowest BCUT2D eigenvalue weighted by Gasteiger charge is -2.00. The number of nitrogens with one attached hydrogen (secondary N) is 1. The predicted octanol–water partition coefficient (Wildman–Crippen LogP) is -1.23. The highest BCUT2D eigenvalue weighted by molar-refractivity contribution is 5.57. The van der Waals surface area contributed by atoms with Gasteiger partial charge in [-0.25, -0.2) is 0 Å². The molecule has 0 saturated carbocycles. The van der Waals surface area contributed by atoms with Crippen LogP contribution in [0.5, 0.6) is 0 Å². The number of aliphatic hydroxyl groups is 1. The number of likely N-dealkylation sites (N-methyl/N-ethyl adjacent to an activating group) is 1. The van der Waals surface area contributed by atoms with E-state index >= 15 is 0 Å². The first-order valence-electron chi connectivity index (χ1n) is 2.08. The Morgan fingerprint density at radius 1 is 2.00 bits per heavy atom. The zero-order chi connectivity index (χ0) is 5.70. The van der Waals surface area contributed by atoms with Crippen LogP contribution in [0, 0.1) is 0 Å². The zero-order valence-electron chi connectivity index (χ0n) is 4.22. The maximum Gasteiger partial charge on any atom is 0.139 e. The Balaban J connectivity index is 3.16. The number of carbonyl (C=O) groups is 1. The quantitative estimate of drug-likeness (QED) is 0.439. The third-order valence-corrected chi connectivity index (χ3v) is 0.732. The maximum atomic E-state index is 9.74. The van der Waals surface area contributed by atoms with Crippen molar-refractivity contribution in [2.45, 2.75) is 6.04 Å². The number of hydrogen-bond acceptors (Lipinski definition) is 3. The number of hydrogen-bond donors (Lipinski definition) is 2. The van der Waals surface area contributed by atoms with Crippen molar-refractivity contribution < 1.29 is 9.90 Å². The standard InChI is InChI=1S/C4H9NO2/c1-5-4(2-6)3-7/h2,4-5,7H,3H2,1H3/t4-/m1/s1. The fraction of sp³-hybridized carbons (Fsp3) is 0.750. The molecule has 0 aromatic carbocycles. The molecule has 0 aliphatic heterocycles. The Labute approximate surface area is 42.3 Å². The molecule has 0 aliphatic carbocycles. The Hall–Kier alpha value is -0.410. The van der Waals surface area contributed by atoms with Crippen LogP contribution in [0.15, 0.2) is 0 Å². The van der Waals surface area contributed by atoms with Crippen LogP contribution in [0.4, 0.5) is 0 Å². The summed E-state index contributed by atoms with van der Waals surface area (Å²) in [6.45, 7) is -0.125. The lowest BCUT2D eigenvalue weighted by atomic mass is 10.4. The number of aliphatic hydroxyl groups excluding tert-OH is 1. The lowest BCUT2D eigenvalue weighted by molar-refractivity contribution is -0.110. The minimum absolute atomic E-state index is 0.125. The SMILES string of the molecule is CN[C@H](C=O)CO. The molecule has 0 bridgehead atoms. The fourth-order valence-electron chi connectivity index (χ4n) is 0.202. The molecule has 0 unspecified atom stereocenters. The Kier molecular flexibility index (Phi) is 3.55. The van der Waals surface area contributed by atoms with Crippen molar-refractivity contribution in [1.82, 2.24) is 5.32 Å². The van der Waals surface area contributed by atoms with E-state index in [1.165, 1.54) is 0 Å². The van der Waals surface area contributed by atoms with Crippen molar-refractivity contribution in [3.8, 4) is 0 Å². The second kappa shape index (κ2) is 3.77. The summed E-state index contributed by atoms with van der Waals surface area (Å²) >= 11 is 0. The van der Waals surface area contributed by atoms with Gasteiger partial charge in [-0.3, -0.25) is 0 Å². The molecular weight excluding hydrogens is 94.0 g/mol. The summed E-state index contributed by atoms with van der Waals surface area (Å²) in [4.78, 5) is 9.74. The molecule has 7 heavy (non-hydrogen) atoms. The number of rotatable bonds is 3. The van der Waals surface area contributed by atoms with Gasteiger partial charge in [-0.1, -0.05) is 0 Å². The first-order chi connectivity index (χ1) is 3.35. The molecule has 2 N–H and O–H groups in total. The van der Waals surface area contributed by atoms with Crippen LogP contribution in [0.3, 0.4) is 0 Å². The van der Waals surface area contributed by atoms with Crippen LogP contribution >= 0.6 is 0 Å². The highest BCUT2D eigenvalue weighted by Gasteiger charge is 1.96. The molecule has 3 nitrogen and oxygen atoms in total. The molecule has 0 amide bonds. The van der Waals surface area contributed by atoms with E-state index in [2.05, 4.69) is 5.32 Å². The Morgan fingerprint density at radius 3 is 2.57 bits per heavy atom. The van der Waals surface area contributed by atoms with Gasteiger partial charge in [-0.05, 0) is 7.05 Å². The smallest absolute Gasteiger partial charge is 0.139 e. The summed E-state index contributed by atoms with van der Waals surface area (Å²) in [5.41, 5.74) is 0. The summed E-state index contributed by atoms with van der Waals surface area (Å²) in [6.07, 6.45) is 0.667. The van der Waals surface area contributed by atoms with E-state index in [-0.39, 0.29) is 12.6 Å². The fourth-order valence-corrected chi connectivity index (χ4v) is 0.202. The van der Waals surface area contributed by atoms with Crippen LogP contribution in [-0.2, 0) is 4.79 Å². The average molecular weight is 103 g/mol. The van der Waals surface area contributed by atoms with Gasteiger partial charge in [0.25, 0.3) is 0 Å². The van der Waals surface area contributed by atoms with Crippen molar-refractivity contribution in [3.05, 3.63) is 0 Å². The van der Waals surface area contributed by atoms with Crippen LogP contribution in [0.1, 0.15) is 0 Å². The van der Waals surface area contributed by atoms with Crippen molar-refractivity contribution in [1.29, 1.82) is 0 Å². The number of aldehydes is 1. The molecule has 0 heterocycles. The molecule has 0 saturated heterocycles. The summed E-state index contributed by atoms with van der Waals surface area (Å²) in [6, 6.07) is -0.389. The van der Waals surface area contributed by atoms with Crippen LogP contribution < -0.4 is 5.32 Å². The Morgan fingerprint density at radius 2 is 2.57 bits per heavy atom. The normalized spacial score (nSPS) is 13.4. The van der Waals surface area contributed by atoms with E-state index < -0.39 is 0 Å². The summed E-state index contributed by atoms with van der Waals surface area (Å²) in [5, 5.41) is 10.8. The highest BCUT2D eigenvalue weighted by Crippen LogP contribution is 1.67. The van der Waals surface area contributed by atoms with Gasteiger partial charge in [0.2, 0.25) is 0 Å². The van der Waals surface area contributed by atoms with Crippen molar-refractivity contribution in [2.24, 2.45) is 0 Å². The molecule has 3 heteroatoms. The van der Waals surface area contributed by atoms with E-state index in [0.717, 1.165) is 0 Å². The van der Waals surface area contributed by atoms with Gasteiger partial charge in [0, 0.05) is 0 Å². The van der Waals surface area contributed by atoms with Crippen molar-refractivity contribution in [3.63, 3.8) is 0 Å². The molecule has 0 aromatic heterocycles. The molecule has 42 valence electrons. The summed E-state index contributed by atoms with van der Waals surface area (Å²) < 4.78 is 0. The Bertz CT molecular complexity index is 51.7. The molecule has 0 spiro atoms. The van der Waals surface area contributed by atoms with Gasteiger partial charge in [0.15, 0.2) is 0 Å². The minimum atomic E-state index is -0.389. The topological polar surface area (TPSA) is 49.3 Å². The second-order valence-electron chi connectivity index (χ2n) is 1.21.